The first-order valence-corrected chi connectivity index (χ1v) is 6.56. The number of carbonyl (C=O) groups is 2. The van der Waals surface area contributed by atoms with Crippen LogP contribution in [0.15, 0.2) is 12.7 Å². The molecule has 3 atom stereocenters. The molecule has 1 aliphatic rings. The van der Waals surface area contributed by atoms with Crippen LogP contribution in [-0.4, -0.2) is 65.9 Å². The number of carboxylic acid groups (broad SMARTS) is 1. The Morgan fingerprint density at radius 2 is 2.20 bits per heavy atom. The molecule has 0 aromatic heterocycles. The van der Waals surface area contributed by atoms with Crippen LogP contribution in [-0.2, 0) is 9.59 Å². The number of nitrogens with zero attached hydrogens (tertiary/aromatic N) is 2. The van der Waals surface area contributed by atoms with Gasteiger partial charge in [0.05, 0.1) is 14.1 Å². The minimum Gasteiger partial charge on any atom is -0.633 e. The molecule has 1 saturated heterocycles. The molecule has 1 fully saturated rings. The van der Waals surface area contributed by atoms with Crippen molar-refractivity contribution in [2.45, 2.75) is 25.6 Å². The average Bonchev–Trinajstić information content (AvgIpc) is 2.69. The minimum absolute atomic E-state index is 0.0506. The van der Waals surface area contributed by atoms with Crippen LogP contribution >= 0.6 is 0 Å². The molecule has 1 rings (SSSR count). The van der Waals surface area contributed by atoms with Crippen molar-refractivity contribution in [3.8, 4) is 0 Å². The number of hydrogen-bond donors (Lipinski definition) is 2. The minimum atomic E-state index is -0.944. The number of carboxylic acids is 1. The van der Waals surface area contributed by atoms with E-state index in [1.807, 2.05) is 0 Å². The number of amides is 1. The zero-order valence-electron chi connectivity index (χ0n) is 12.2. The van der Waals surface area contributed by atoms with Crippen LogP contribution in [0.25, 0.3) is 0 Å². The van der Waals surface area contributed by atoms with Crippen LogP contribution < -0.4 is 5.32 Å². The zero-order chi connectivity index (χ0) is 15.5. The Balaban J connectivity index is 2.94. The molecule has 0 spiro atoms. The van der Waals surface area contributed by atoms with Gasteiger partial charge in [-0.25, -0.2) is 0 Å². The molecule has 7 heteroatoms. The van der Waals surface area contributed by atoms with Crippen LogP contribution in [0.2, 0.25) is 0 Å². The number of hydroxylamine groups is 3. The first-order valence-electron chi connectivity index (χ1n) is 6.56. The predicted molar refractivity (Wildman–Crippen MR) is 74.4 cm³/mol. The predicted octanol–water partition coefficient (Wildman–Crippen LogP) is -0.0161. The fourth-order valence-corrected chi connectivity index (χ4v) is 2.54. The van der Waals surface area contributed by atoms with E-state index in [9.17, 15) is 19.9 Å². The summed E-state index contributed by atoms with van der Waals surface area (Å²) >= 11 is 0. The fourth-order valence-electron chi connectivity index (χ4n) is 2.54. The van der Waals surface area contributed by atoms with Crippen molar-refractivity contribution in [2.24, 2.45) is 5.92 Å². The van der Waals surface area contributed by atoms with E-state index in [0.29, 0.717) is 13.0 Å². The van der Waals surface area contributed by atoms with Crippen LogP contribution in [0.1, 0.15) is 13.3 Å². The van der Waals surface area contributed by atoms with Gasteiger partial charge in [0.15, 0.2) is 0 Å². The summed E-state index contributed by atoms with van der Waals surface area (Å²) in [7, 11) is 2.93. The summed E-state index contributed by atoms with van der Waals surface area (Å²) in [6, 6.07) is -0.707. The molecule has 1 aliphatic heterocycles. The quantitative estimate of drug-likeness (QED) is 0.406. The molecular weight excluding hydrogens is 262 g/mol. The van der Waals surface area contributed by atoms with E-state index in [2.05, 4.69) is 11.9 Å². The standard InChI is InChI=1S/C13H23N3O4/c1-5-10-6-11(13(18)19)15(7-10)12(14-9(2)17)8-16(3,4)20/h5,10-12H,1,6-8H2,2-4H3,(H,14,17)(H,18,19)/t10-,11+,12?/m1/s1. The molecule has 0 radical (unpaired) electrons. The molecule has 0 aromatic rings. The van der Waals surface area contributed by atoms with Crippen molar-refractivity contribution in [3.63, 3.8) is 0 Å². The number of quaternary nitrogens is 1. The second kappa shape index (κ2) is 6.34. The Hall–Kier alpha value is -1.44. The fraction of sp³-hybridized carbons (Fsp3) is 0.692. The van der Waals surface area contributed by atoms with E-state index in [1.165, 1.54) is 21.0 Å². The van der Waals surface area contributed by atoms with E-state index in [1.54, 1.807) is 11.0 Å². The lowest BCUT2D eigenvalue weighted by Crippen LogP contribution is -2.58. The second-order valence-electron chi connectivity index (χ2n) is 5.76. The van der Waals surface area contributed by atoms with Gasteiger partial charge in [0.25, 0.3) is 0 Å². The van der Waals surface area contributed by atoms with Crippen molar-refractivity contribution in [1.29, 1.82) is 0 Å². The van der Waals surface area contributed by atoms with Gasteiger partial charge in [-0.3, -0.25) is 14.5 Å². The van der Waals surface area contributed by atoms with E-state index in [-0.39, 0.29) is 18.4 Å². The van der Waals surface area contributed by atoms with Crippen molar-refractivity contribution in [2.75, 3.05) is 27.2 Å². The molecule has 0 bridgehead atoms. The van der Waals surface area contributed by atoms with E-state index < -0.39 is 22.8 Å². The maximum Gasteiger partial charge on any atom is 0.321 e. The van der Waals surface area contributed by atoms with Gasteiger partial charge in [0, 0.05) is 13.5 Å². The molecule has 1 heterocycles. The van der Waals surface area contributed by atoms with Crippen LogP contribution in [0, 0.1) is 11.1 Å². The lowest BCUT2D eigenvalue weighted by molar-refractivity contribution is -0.842. The van der Waals surface area contributed by atoms with Gasteiger partial charge in [-0.2, -0.15) is 0 Å². The maximum atomic E-state index is 11.9. The number of likely N-dealkylation sites (N-methyl/N-ethyl adjacent to an activating group) is 1. The Kier molecular flexibility index (Phi) is 5.27. The van der Waals surface area contributed by atoms with Crippen molar-refractivity contribution >= 4 is 11.9 Å². The highest BCUT2D eigenvalue weighted by atomic mass is 16.5. The summed E-state index contributed by atoms with van der Waals surface area (Å²) in [5.41, 5.74) is 0. The van der Waals surface area contributed by atoms with Crippen LogP contribution in [0.4, 0.5) is 0 Å². The summed E-state index contributed by atoms with van der Waals surface area (Å²) in [4.78, 5) is 24.3. The van der Waals surface area contributed by atoms with Crippen LogP contribution in [0.3, 0.4) is 0 Å². The number of carbonyl (C=O) groups excluding carboxylic acids is 1. The molecule has 20 heavy (non-hydrogen) atoms. The van der Waals surface area contributed by atoms with E-state index >= 15 is 0 Å². The SMILES string of the molecule is C=C[C@@H]1C[C@@H](C(=O)O)N(C(C[N+](C)(C)[O-])NC(C)=O)C1. The monoisotopic (exact) mass is 285 g/mol. The molecule has 0 aromatic carbocycles. The maximum absolute atomic E-state index is 11.9. The molecule has 7 nitrogen and oxygen atoms in total. The Labute approximate surface area is 119 Å². The number of rotatable bonds is 6. The van der Waals surface area contributed by atoms with Crippen LogP contribution in [0.5, 0.6) is 0 Å². The third-order valence-electron chi connectivity index (χ3n) is 3.37. The van der Waals surface area contributed by atoms with Gasteiger partial charge < -0.3 is 20.3 Å². The molecule has 0 saturated carbocycles. The molecule has 0 aliphatic carbocycles. The van der Waals surface area contributed by atoms with Crippen molar-refractivity contribution in [1.82, 2.24) is 10.2 Å². The summed E-state index contributed by atoms with van der Waals surface area (Å²) < 4.78 is -0.605. The number of nitrogens with one attached hydrogen (secondary N) is 1. The van der Waals surface area contributed by atoms with Gasteiger partial charge >= 0.3 is 5.97 Å². The first-order chi connectivity index (χ1) is 9.14. The zero-order valence-corrected chi connectivity index (χ0v) is 12.2. The molecule has 114 valence electrons. The molecule has 1 amide bonds. The van der Waals surface area contributed by atoms with Crippen molar-refractivity contribution in [3.05, 3.63) is 17.9 Å². The second-order valence-corrected chi connectivity index (χ2v) is 5.76. The smallest absolute Gasteiger partial charge is 0.321 e. The van der Waals surface area contributed by atoms with Gasteiger partial charge in [0.1, 0.15) is 18.8 Å². The van der Waals surface area contributed by atoms with E-state index in [4.69, 9.17) is 0 Å². The topological polar surface area (TPSA) is 92.7 Å². The Bertz CT molecular complexity index is 392. The highest BCUT2D eigenvalue weighted by Crippen LogP contribution is 2.26. The van der Waals surface area contributed by atoms with Gasteiger partial charge in [0.2, 0.25) is 5.91 Å². The van der Waals surface area contributed by atoms with Gasteiger partial charge in [-0.15, -0.1) is 6.58 Å². The number of aliphatic carboxylic acids is 1. The van der Waals surface area contributed by atoms with Gasteiger partial charge in [-0.1, -0.05) is 6.08 Å². The largest absolute Gasteiger partial charge is 0.633 e. The lowest BCUT2D eigenvalue weighted by Gasteiger charge is -2.41. The first kappa shape index (κ1) is 16.6. The third kappa shape index (κ3) is 4.59. The molecule has 2 N–H and O–H groups in total. The summed E-state index contributed by atoms with van der Waals surface area (Å²) in [5, 5.41) is 23.9. The summed E-state index contributed by atoms with van der Waals surface area (Å²) in [6.45, 7) is 5.62. The van der Waals surface area contributed by atoms with Crippen molar-refractivity contribution < 1.29 is 19.3 Å². The highest BCUT2D eigenvalue weighted by molar-refractivity contribution is 5.75. The average molecular weight is 285 g/mol. The molecular formula is C13H23N3O4. The third-order valence-corrected chi connectivity index (χ3v) is 3.37. The van der Waals surface area contributed by atoms with E-state index in [0.717, 1.165) is 0 Å². The normalized spacial score (nSPS) is 25.2. The summed E-state index contributed by atoms with van der Waals surface area (Å²) in [6.07, 6.45) is 1.57. The lowest BCUT2D eigenvalue weighted by atomic mass is 10.1. The number of likely N-dealkylation sites (tertiary alicyclic amines) is 1. The Morgan fingerprint density at radius 3 is 2.60 bits per heavy atom. The molecule has 1 unspecified atom stereocenters. The highest BCUT2D eigenvalue weighted by Gasteiger charge is 2.41. The summed E-state index contributed by atoms with van der Waals surface area (Å²) in [5.74, 6) is -1.18. The van der Waals surface area contributed by atoms with Gasteiger partial charge in [-0.05, 0) is 12.3 Å². The Morgan fingerprint density at radius 1 is 1.60 bits per heavy atom. The number of hydrogen-bond acceptors (Lipinski definition) is 4.